The van der Waals surface area contributed by atoms with Gasteiger partial charge in [0.1, 0.15) is 0 Å². The number of H-pyrrole nitrogens is 1. The van der Waals surface area contributed by atoms with Crippen LogP contribution in [-0.4, -0.2) is 22.0 Å². The molecule has 0 radical (unpaired) electrons. The van der Waals surface area contributed by atoms with E-state index < -0.39 is 12.0 Å². The Morgan fingerprint density at radius 1 is 1.09 bits per heavy atom. The van der Waals surface area contributed by atoms with E-state index in [0.717, 1.165) is 16.5 Å². The number of carbonyl (C=O) groups is 2. The van der Waals surface area contributed by atoms with E-state index in [1.807, 2.05) is 48.7 Å². The molecule has 1 heterocycles. The monoisotopic (exact) mass is 308 g/mol. The molecule has 0 aliphatic heterocycles. The number of benzene rings is 2. The molecule has 0 saturated carbocycles. The predicted molar refractivity (Wildman–Crippen MR) is 87.2 cm³/mol. The maximum absolute atomic E-state index is 12.5. The number of fused-ring (bicyclic) bond motifs is 1. The van der Waals surface area contributed by atoms with Crippen LogP contribution in [0, 0.1) is 0 Å². The van der Waals surface area contributed by atoms with Crippen LogP contribution >= 0.6 is 0 Å². The molecule has 0 aliphatic carbocycles. The second-order valence-corrected chi connectivity index (χ2v) is 5.31. The minimum Gasteiger partial charge on any atom is -0.481 e. The Hall–Kier alpha value is -3.08. The third-order valence-corrected chi connectivity index (χ3v) is 3.70. The molecule has 0 fully saturated rings. The van der Waals surface area contributed by atoms with Crippen LogP contribution in [0.5, 0.6) is 0 Å². The maximum atomic E-state index is 12.5. The minimum atomic E-state index is -0.958. The van der Waals surface area contributed by atoms with E-state index in [9.17, 15) is 9.59 Å². The van der Waals surface area contributed by atoms with Crippen LogP contribution in [0.25, 0.3) is 10.9 Å². The van der Waals surface area contributed by atoms with E-state index >= 15 is 0 Å². The number of amides is 1. The Morgan fingerprint density at radius 2 is 1.87 bits per heavy atom. The average molecular weight is 308 g/mol. The molecule has 0 bridgehead atoms. The van der Waals surface area contributed by atoms with Gasteiger partial charge in [0.25, 0.3) is 5.91 Å². The summed E-state index contributed by atoms with van der Waals surface area (Å²) >= 11 is 0. The van der Waals surface area contributed by atoms with Crippen LogP contribution in [0.3, 0.4) is 0 Å². The van der Waals surface area contributed by atoms with Gasteiger partial charge >= 0.3 is 5.97 Å². The number of carboxylic acid groups (broad SMARTS) is 1. The van der Waals surface area contributed by atoms with Gasteiger partial charge in [0, 0.05) is 22.7 Å². The van der Waals surface area contributed by atoms with Crippen molar-refractivity contribution < 1.29 is 14.7 Å². The second-order valence-electron chi connectivity index (χ2n) is 5.31. The first kappa shape index (κ1) is 14.8. The SMILES string of the molecule is O=C(O)C[C@@H](NC(=O)c1ccc2[nH]ccc2c1)c1ccccc1. The van der Waals surface area contributed by atoms with Crippen molar-refractivity contribution in [3.8, 4) is 0 Å². The number of aromatic amines is 1. The first-order valence-corrected chi connectivity index (χ1v) is 7.28. The standard InChI is InChI=1S/C18H16N2O3/c21-17(22)11-16(12-4-2-1-3-5-12)20-18(23)14-6-7-15-13(10-14)8-9-19-15/h1-10,16,19H,11H2,(H,20,23)(H,21,22)/t16-/m1/s1. The highest BCUT2D eigenvalue weighted by molar-refractivity contribution is 5.98. The number of hydrogen-bond acceptors (Lipinski definition) is 2. The minimum absolute atomic E-state index is 0.165. The lowest BCUT2D eigenvalue weighted by Crippen LogP contribution is -2.30. The third-order valence-electron chi connectivity index (χ3n) is 3.70. The lowest BCUT2D eigenvalue weighted by molar-refractivity contribution is -0.137. The van der Waals surface area contributed by atoms with Crippen LogP contribution in [0.2, 0.25) is 0 Å². The highest BCUT2D eigenvalue weighted by Gasteiger charge is 2.19. The molecule has 0 aliphatic rings. The summed E-state index contributed by atoms with van der Waals surface area (Å²) in [7, 11) is 0. The first-order chi connectivity index (χ1) is 11.1. The quantitative estimate of drug-likeness (QED) is 0.677. The van der Waals surface area contributed by atoms with Gasteiger partial charge in [0.2, 0.25) is 0 Å². The summed E-state index contributed by atoms with van der Waals surface area (Å²) in [6, 6.07) is 15.8. The summed E-state index contributed by atoms with van der Waals surface area (Å²) < 4.78 is 0. The number of hydrogen-bond donors (Lipinski definition) is 3. The van der Waals surface area contributed by atoms with Crippen LogP contribution in [0.4, 0.5) is 0 Å². The molecule has 1 atom stereocenters. The van der Waals surface area contributed by atoms with Gasteiger partial charge in [-0.15, -0.1) is 0 Å². The Balaban J connectivity index is 1.83. The highest BCUT2D eigenvalue weighted by Crippen LogP contribution is 2.19. The summed E-state index contributed by atoms with van der Waals surface area (Å²) in [5, 5.41) is 12.8. The molecule has 3 aromatic rings. The normalized spacial score (nSPS) is 12.0. The molecule has 2 aromatic carbocycles. The fraction of sp³-hybridized carbons (Fsp3) is 0.111. The van der Waals surface area contributed by atoms with Gasteiger partial charge < -0.3 is 15.4 Å². The molecule has 0 spiro atoms. The fourth-order valence-electron chi connectivity index (χ4n) is 2.55. The Kier molecular flexibility index (Phi) is 4.10. The zero-order chi connectivity index (χ0) is 16.2. The van der Waals surface area contributed by atoms with Crippen molar-refractivity contribution in [1.29, 1.82) is 0 Å². The molecular formula is C18H16N2O3. The van der Waals surface area contributed by atoms with E-state index in [2.05, 4.69) is 10.3 Å². The van der Waals surface area contributed by atoms with Crippen molar-refractivity contribution in [3.63, 3.8) is 0 Å². The molecule has 1 aromatic heterocycles. The van der Waals surface area contributed by atoms with Gasteiger partial charge in [0.05, 0.1) is 12.5 Å². The van der Waals surface area contributed by atoms with E-state index in [-0.39, 0.29) is 12.3 Å². The van der Waals surface area contributed by atoms with Gasteiger partial charge in [-0.25, -0.2) is 0 Å². The number of nitrogens with one attached hydrogen (secondary N) is 2. The van der Waals surface area contributed by atoms with Crippen molar-refractivity contribution >= 4 is 22.8 Å². The number of rotatable bonds is 5. The Labute approximate surface area is 133 Å². The molecule has 3 N–H and O–H groups in total. The summed E-state index contributed by atoms with van der Waals surface area (Å²) in [5.41, 5.74) is 2.22. The zero-order valence-corrected chi connectivity index (χ0v) is 12.3. The topological polar surface area (TPSA) is 82.2 Å². The molecule has 0 unspecified atom stereocenters. The average Bonchev–Trinajstić information content (AvgIpc) is 3.02. The van der Waals surface area contributed by atoms with Crippen LogP contribution in [0.15, 0.2) is 60.8 Å². The van der Waals surface area contributed by atoms with E-state index in [0.29, 0.717) is 5.56 Å². The molecule has 1 amide bonds. The van der Waals surface area contributed by atoms with Crippen molar-refractivity contribution in [1.82, 2.24) is 10.3 Å². The van der Waals surface area contributed by atoms with Crippen molar-refractivity contribution in [2.45, 2.75) is 12.5 Å². The molecular weight excluding hydrogens is 292 g/mol. The highest BCUT2D eigenvalue weighted by atomic mass is 16.4. The van der Waals surface area contributed by atoms with Crippen molar-refractivity contribution in [2.75, 3.05) is 0 Å². The smallest absolute Gasteiger partial charge is 0.305 e. The third kappa shape index (κ3) is 3.40. The second kappa shape index (κ2) is 6.36. The zero-order valence-electron chi connectivity index (χ0n) is 12.3. The van der Waals surface area contributed by atoms with E-state index in [1.165, 1.54) is 0 Å². The number of carboxylic acids is 1. The maximum Gasteiger partial charge on any atom is 0.305 e. The lowest BCUT2D eigenvalue weighted by Gasteiger charge is -2.17. The number of aromatic nitrogens is 1. The molecule has 3 rings (SSSR count). The van der Waals surface area contributed by atoms with Gasteiger partial charge in [0.15, 0.2) is 0 Å². The molecule has 5 heteroatoms. The Bertz CT molecular complexity index is 840. The summed E-state index contributed by atoms with van der Waals surface area (Å²) in [6.45, 7) is 0. The van der Waals surface area contributed by atoms with Gasteiger partial charge in [-0.05, 0) is 29.8 Å². The van der Waals surface area contributed by atoms with Gasteiger partial charge in [-0.1, -0.05) is 30.3 Å². The van der Waals surface area contributed by atoms with E-state index in [1.54, 1.807) is 12.1 Å². The molecule has 23 heavy (non-hydrogen) atoms. The largest absolute Gasteiger partial charge is 0.481 e. The van der Waals surface area contributed by atoms with Gasteiger partial charge in [-0.2, -0.15) is 0 Å². The molecule has 5 nitrogen and oxygen atoms in total. The molecule has 0 saturated heterocycles. The van der Waals surface area contributed by atoms with Gasteiger partial charge in [-0.3, -0.25) is 9.59 Å². The van der Waals surface area contributed by atoms with Crippen LogP contribution in [0.1, 0.15) is 28.4 Å². The van der Waals surface area contributed by atoms with Crippen LogP contribution < -0.4 is 5.32 Å². The Morgan fingerprint density at radius 3 is 2.61 bits per heavy atom. The summed E-state index contributed by atoms with van der Waals surface area (Å²) in [6.07, 6.45) is 1.64. The first-order valence-electron chi connectivity index (χ1n) is 7.28. The predicted octanol–water partition coefficient (Wildman–Crippen LogP) is 3.11. The van der Waals surface area contributed by atoms with E-state index in [4.69, 9.17) is 5.11 Å². The lowest BCUT2D eigenvalue weighted by atomic mass is 10.0. The van der Waals surface area contributed by atoms with Crippen LogP contribution in [-0.2, 0) is 4.79 Å². The summed E-state index contributed by atoms with van der Waals surface area (Å²) in [5.74, 6) is -1.25. The fourth-order valence-corrected chi connectivity index (χ4v) is 2.55. The van der Waals surface area contributed by atoms with Crippen molar-refractivity contribution in [2.24, 2.45) is 0 Å². The summed E-state index contributed by atoms with van der Waals surface area (Å²) in [4.78, 5) is 26.6. The van der Waals surface area contributed by atoms with Crippen molar-refractivity contribution in [3.05, 3.63) is 71.9 Å². The number of aliphatic carboxylic acids is 1. The number of carbonyl (C=O) groups excluding carboxylic acids is 1. The molecule has 116 valence electrons.